The van der Waals surface area contributed by atoms with Crippen LogP contribution in [-0.4, -0.2) is 24.9 Å². The van der Waals surface area contributed by atoms with Crippen LogP contribution in [-0.2, 0) is 11.2 Å². The van der Waals surface area contributed by atoms with Crippen molar-refractivity contribution in [2.24, 2.45) is 0 Å². The normalized spacial score (nSPS) is 10.4. The molecule has 0 aliphatic carbocycles. The second-order valence-electron chi connectivity index (χ2n) is 6.67. The van der Waals surface area contributed by atoms with Crippen LogP contribution in [0.25, 0.3) is 0 Å². The molecular formula is C24H23FN2O2. The molecule has 0 saturated heterocycles. The molecule has 0 atom stereocenters. The first-order valence-electron chi connectivity index (χ1n) is 9.56. The second kappa shape index (κ2) is 10.2. The van der Waals surface area contributed by atoms with Gasteiger partial charge in [0, 0.05) is 24.3 Å². The Morgan fingerprint density at radius 3 is 2.10 bits per heavy atom. The number of halogens is 1. The number of carbonyl (C=O) groups is 2. The van der Waals surface area contributed by atoms with Crippen LogP contribution >= 0.6 is 0 Å². The minimum absolute atomic E-state index is 0.0566. The van der Waals surface area contributed by atoms with Crippen molar-refractivity contribution in [3.05, 3.63) is 102 Å². The second-order valence-corrected chi connectivity index (χ2v) is 6.67. The number of rotatable bonds is 8. The van der Waals surface area contributed by atoms with Crippen molar-refractivity contribution < 1.29 is 14.0 Å². The third-order valence-corrected chi connectivity index (χ3v) is 4.49. The molecule has 0 aliphatic rings. The maximum Gasteiger partial charge on any atom is 0.258 e. The van der Waals surface area contributed by atoms with Crippen molar-refractivity contribution in [2.45, 2.75) is 12.8 Å². The number of carbonyl (C=O) groups excluding carboxylic acids is 2. The lowest BCUT2D eigenvalue weighted by Crippen LogP contribution is -2.34. The highest BCUT2D eigenvalue weighted by Crippen LogP contribution is 2.18. The van der Waals surface area contributed by atoms with Crippen LogP contribution in [0.5, 0.6) is 0 Å². The van der Waals surface area contributed by atoms with Crippen LogP contribution < -0.4 is 10.2 Å². The highest BCUT2D eigenvalue weighted by atomic mass is 19.1. The van der Waals surface area contributed by atoms with E-state index in [0.717, 1.165) is 5.56 Å². The molecule has 3 aromatic rings. The number of hydrogen-bond donors (Lipinski definition) is 1. The summed E-state index contributed by atoms with van der Waals surface area (Å²) in [6.07, 6.45) is 0.905. The van der Waals surface area contributed by atoms with E-state index in [2.05, 4.69) is 5.32 Å². The van der Waals surface area contributed by atoms with Gasteiger partial charge in [0.05, 0.1) is 6.42 Å². The predicted octanol–water partition coefficient (Wildman–Crippen LogP) is 4.22. The molecule has 2 amide bonds. The van der Waals surface area contributed by atoms with Crippen molar-refractivity contribution in [1.82, 2.24) is 5.32 Å². The largest absolute Gasteiger partial charge is 0.356 e. The zero-order valence-corrected chi connectivity index (χ0v) is 16.1. The van der Waals surface area contributed by atoms with E-state index in [1.807, 2.05) is 36.4 Å². The van der Waals surface area contributed by atoms with Gasteiger partial charge in [0.15, 0.2) is 0 Å². The maximum atomic E-state index is 13.3. The average Bonchev–Trinajstić information content (AvgIpc) is 2.75. The van der Waals surface area contributed by atoms with Crippen LogP contribution in [0.2, 0.25) is 0 Å². The molecule has 0 unspecified atom stereocenters. The molecule has 0 aliphatic heterocycles. The smallest absolute Gasteiger partial charge is 0.258 e. The maximum absolute atomic E-state index is 13.3. The molecule has 4 nitrogen and oxygen atoms in total. The van der Waals surface area contributed by atoms with Gasteiger partial charge >= 0.3 is 0 Å². The Morgan fingerprint density at radius 1 is 0.828 bits per heavy atom. The summed E-state index contributed by atoms with van der Waals surface area (Å²) in [5.74, 6) is -0.569. The van der Waals surface area contributed by atoms with Crippen LogP contribution in [0, 0.1) is 5.82 Å². The van der Waals surface area contributed by atoms with E-state index in [1.54, 1.807) is 41.3 Å². The van der Waals surface area contributed by atoms with E-state index in [9.17, 15) is 14.0 Å². The van der Waals surface area contributed by atoms with Gasteiger partial charge in [-0.2, -0.15) is 0 Å². The summed E-state index contributed by atoms with van der Waals surface area (Å²) in [5.41, 5.74) is 2.14. The van der Waals surface area contributed by atoms with Crippen LogP contribution in [0.3, 0.4) is 0 Å². The van der Waals surface area contributed by atoms with Crippen molar-refractivity contribution in [3.8, 4) is 0 Å². The van der Waals surface area contributed by atoms with Gasteiger partial charge in [-0.25, -0.2) is 4.39 Å². The van der Waals surface area contributed by atoms with Crippen LogP contribution in [0.1, 0.15) is 22.3 Å². The zero-order valence-electron chi connectivity index (χ0n) is 16.1. The van der Waals surface area contributed by atoms with Gasteiger partial charge in [-0.15, -0.1) is 0 Å². The highest BCUT2D eigenvalue weighted by Gasteiger charge is 2.17. The minimum atomic E-state index is -0.353. The third kappa shape index (κ3) is 6.01. The number of nitrogens with zero attached hydrogens (tertiary/aromatic N) is 1. The van der Waals surface area contributed by atoms with Crippen molar-refractivity contribution in [2.75, 3.05) is 18.0 Å². The van der Waals surface area contributed by atoms with Gasteiger partial charge in [-0.1, -0.05) is 48.5 Å². The van der Waals surface area contributed by atoms with E-state index in [1.165, 1.54) is 12.1 Å². The fourth-order valence-corrected chi connectivity index (χ4v) is 3.01. The standard InChI is InChI=1S/C24H23FN2O2/c25-21-12-14-22(15-13-21)27(24(29)20-10-5-2-6-11-20)17-7-16-26-23(28)18-19-8-3-1-4-9-19/h1-6,8-15H,7,16-18H2,(H,26,28). The molecule has 29 heavy (non-hydrogen) atoms. The highest BCUT2D eigenvalue weighted by molar-refractivity contribution is 6.06. The topological polar surface area (TPSA) is 49.4 Å². The van der Waals surface area contributed by atoms with E-state index >= 15 is 0 Å². The molecule has 5 heteroatoms. The summed E-state index contributed by atoms with van der Waals surface area (Å²) in [6.45, 7) is 0.858. The monoisotopic (exact) mass is 390 g/mol. The summed E-state index contributed by atoms with van der Waals surface area (Å²) in [4.78, 5) is 26.6. The molecule has 0 saturated carbocycles. The van der Waals surface area contributed by atoms with Gasteiger partial charge < -0.3 is 10.2 Å². The molecule has 1 N–H and O–H groups in total. The summed E-state index contributed by atoms with van der Waals surface area (Å²) in [6, 6.07) is 24.3. The molecule has 148 valence electrons. The van der Waals surface area contributed by atoms with Gasteiger partial charge in [0.25, 0.3) is 5.91 Å². The Kier molecular flexibility index (Phi) is 7.11. The SMILES string of the molecule is O=C(Cc1ccccc1)NCCCN(C(=O)c1ccccc1)c1ccc(F)cc1. The fraction of sp³-hybridized carbons (Fsp3) is 0.167. The first kappa shape index (κ1) is 20.3. The Labute approximate surface area is 170 Å². The van der Waals surface area contributed by atoms with E-state index < -0.39 is 0 Å². The molecule has 0 radical (unpaired) electrons. The number of benzene rings is 3. The van der Waals surface area contributed by atoms with E-state index in [0.29, 0.717) is 37.2 Å². The molecular weight excluding hydrogens is 367 g/mol. The summed E-state index contributed by atoms with van der Waals surface area (Å²) >= 11 is 0. The number of nitrogens with one attached hydrogen (secondary N) is 1. The summed E-state index contributed by atoms with van der Waals surface area (Å²) in [5, 5.41) is 2.89. The zero-order chi connectivity index (χ0) is 20.5. The molecule has 0 heterocycles. The average molecular weight is 390 g/mol. The summed E-state index contributed by atoms with van der Waals surface area (Å²) < 4.78 is 13.3. The predicted molar refractivity (Wildman–Crippen MR) is 112 cm³/mol. The molecule has 3 rings (SSSR count). The lowest BCUT2D eigenvalue weighted by atomic mass is 10.1. The number of anilines is 1. The lowest BCUT2D eigenvalue weighted by molar-refractivity contribution is -0.120. The van der Waals surface area contributed by atoms with Crippen LogP contribution in [0.4, 0.5) is 10.1 Å². The minimum Gasteiger partial charge on any atom is -0.356 e. The first-order valence-corrected chi connectivity index (χ1v) is 9.56. The molecule has 0 spiro atoms. The van der Waals surface area contributed by atoms with Crippen molar-refractivity contribution >= 4 is 17.5 Å². The Bertz CT molecular complexity index is 928. The Morgan fingerprint density at radius 2 is 1.45 bits per heavy atom. The van der Waals surface area contributed by atoms with E-state index in [-0.39, 0.29) is 17.6 Å². The van der Waals surface area contributed by atoms with E-state index in [4.69, 9.17) is 0 Å². The van der Waals surface area contributed by atoms with Gasteiger partial charge in [-0.3, -0.25) is 9.59 Å². The van der Waals surface area contributed by atoms with Gasteiger partial charge in [-0.05, 0) is 48.4 Å². The van der Waals surface area contributed by atoms with Gasteiger partial charge in [0.1, 0.15) is 5.82 Å². The van der Waals surface area contributed by atoms with Crippen LogP contribution in [0.15, 0.2) is 84.9 Å². The number of amides is 2. The van der Waals surface area contributed by atoms with Gasteiger partial charge in [0.2, 0.25) is 5.91 Å². The molecule has 0 bridgehead atoms. The molecule has 0 fully saturated rings. The quantitative estimate of drug-likeness (QED) is 0.586. The Hall–Kier alpha value is -3.47. The first-order chi connectivity index (χ1) is 14.1. The summed E-state index contributed by atoms with van der Waals surface area (Å²) in [7, 11) is 0. The fourth-order valence-electron chi connectivity index (χ4n) is 3.01. The third-order valence-electron chi connectivity index (χ3n) is 4.49. The number of hydrogen-bond acceptors (Lipinski definition) is 2. The molecule has 3 aromatic carbocycles. The lowest BCUT2D eigenvalue weighted by Gasteiger charge is -2.23. The van der Waals surface area contributed by atoms with Crippen molar-refractivity contribution in [1.29, 1.82) is 0 Å². The van der Waals surface area contributed by atoms with Crippen molar-refractivity contribution in [3.63, 3.8) is 0 Å². The molecule has 0 aromatic heterocycles. The Balaban J connectivity index is 1.59.